The summed E-state index contributed by atoms with van der Waals surface area (Å²) in [6.07, 6.45) is 1.87. The Hall–Kier alpha value is -0.580. The average Bonchev–Trinajstić information content (AvgIpc) is 2.65. The van der Waals surface area contributed by atoms with Crippen molar-refractivity contribution in [1.29, 1.82) is 0 Å². The highest BCUT2D eigenvalue weighted by Crippen LogP contribution is 2.22. The SMILES string of the molecule is CCOCCC(Cc1c(Cl)c(C)nn1CC)NC. The molecule has 0 aliphatic carbocycles. The second-order valence-electron chi connectivity index (χ2n) is 4.34. The summed E-state index contributed by atoms with van der Waals surface area (Å²) in [5, 5.41) is 8.56. The second kappa shape index (κ2) is 7.77. The Bertz CT molecular complexity index is 365. The van der Waals surface area contributed by atoms with Crippen LogP contribution in [-0.2, 0) is 17.7 Å². The standard InChI is InChI=1S/C13H24ClN3O/c1-5-17-12(13(14)10(3)16-17)9-11(15-4)7-8-18-6-2/h11,15H,5-9H2,1-4H3. The van der Waals surface area contributed by atoms with E-state index in [1.807, 2.05) is 25.6 Å². The van der Waals surface area contributed by atoms with E-state index in [0.717, 1.165) is 49.0 Å². The van der Waals surface area contributed by atoms with Gasteiger partial charge in [0.15, 0.2) is 0 Å². The molecule has 0 aromatic carbocycles. The minimum atomic E-state index is 0.371. The molecule has 1 atom stereocenters. The molecule has 0 amide bonds. The number of likely N-dealkylation sites (N-methyl/N-ethyl adjacent to an activating group) is 1. The van der Waals surface area contributed by atoms with E-state index in [1.54, 1.807) is 0 Å². The van der Waals surface area contributed by atoms with Gasteiger partial charge in [0, 0.05) is 32.2 Å². The van der Waals surface area contributed by atoms with Crippen molar-refractivity contribution < 1.29 is 4.74 Å². The first kappa shape index (κ1) is 15.5. The maximum absolute atomic E-state index is 6.31. The first-order chi connectivity index (χ1) is 8.63. The smallest absolute Gasteiger partial charge is 0.0847 e. The van der Waals surface area contributed by atoms with Crippen LogP contribution < -0.4 is 5.32 Å². The van der Waals surface area contributed by atoms with Crippen molar-refractivity contribution >= 4 is 11.6 Å². The van der Waals surface area contributed by atoms with Crippen LogP contribution in [0.1, 0.15) is 31.7 Å². The topological polar surface area (TPSA) is 39.1 Å². The molecule has 18 heavy (non-hydrogen) atoms. The van der Waals surface area contributed by atoms with Gasteiger partial charge in [-0.2, -0.15) is 5.10 Å². The molecule has 0 aliphatic rings. The van der Waals surface area contributed by atoms with Crippen LogP contribution in [0.25, 0.3) is 0 Å². The van der Waals surface area contributed by atoms with Gasteiger partial charge in [-0.05, 0) is 34.2 Å². The maximum atomic E-state index is 6.31. The lowest BCUT2D eigenvalue weighted by molar-refractivity contribution is 0.137. The summed E-state index contributed by atoms with van der Waals surface area (Å²) < 4.78 is 7.39. The number of aryl methyl sites for hydroxylation is 2. The minimum Gasteiger partial charge on any atom is -0.382 e. The maximum Gasteiger partial charge on any atom is 0.0847 e. The Morgan fingerprint density at radius 2 is 2.17 bits per heavy atom. The van der Waals surface area contributed by atoms with Crippen molar-refractivity contribution in [2.45, 2.75) is 46.2 Å². The molecule has 0 radical (unpaired) electrons. The number of nitrogens with zero attached hydrogens (tertiary/aromatic N) is 2. The average molecular weight is 274 g/mol. The molecule has 5 heteroatoms. The van der Waals surface area contributed by atoms with Crippen molar-refractivity contribution in [2.75, 3.05) is 20.3 Å². The highest BCUT2D eigenvalue weighted by atomic mass is 35.5. The summed E-state index contributed by atoms with van der Waals surface area (Å²) in [7, 11) is 1.98. The van der Waals surface area contributed by atoms with Crippen LogP contribution in [-0.4, -0.2) is 36.1 Å². The first-order valence-electron chi connectivity index (χ1n) is 6.60. The number of halogens is 1. The molecular formula is C13H24ClN3O. The van der Waals surface area contributed by atoms with Crippen molar-refractivity contribution in [1.82, 2.24) is 15.1 Å². The summed E-state index contributed by atoms with van der Waals surface area (Å²) in [6.45, 7) is 8.45. The van der Waals surface area contributed by atoms with Gasteiger partial charge >= 0.3 is 0 Å². The van der Waals surface area contributed by atoms with Crippen LogP contribution in [0.3, 0.4) is 0 Å². The fraction of sp³-hybridized carbons (Fsp3) is 0.769. The minimum absolute atomic E-state index is 0.371. The number of hydrogen-bond acceptors (Lipinski definition) is 3. The van der Waals surface area contributed by atoms with Gasteiger partial charge in [0.2, 0.25) is 0 Å². The Balaban J connectivity index is 2.68. The van der Waals surface area contributed by atoms with Crippen molar-refractivity contribution in [3.8, 4) is 0 Å². The first-order valence-corrected chi connectivity index (χ1v) is 6.98. The third kappa shape index (κ3) is 3.97. The van der Waals surface area contributed by atoms with E-state index in [9.17, 15) is 0 Å². The lowest BCUT2D eigenvalue weighted by Gasteiger charge is -2.17. The molecule has 0 bridgehead atoms. The van der Waals surface area contributed by atoms with Crippen molar-refractivity contribution in [3.05, 3.63) is 16.4 Å². The zero-order valence-corrected chi connectivity index (χ0v) is 12.5. The largest absolute Gasteiger partial charge is 0.382 e. The predicted molar refractivity (Wildman–Crippen MR) is 75.3 cm³/mol. The Morgan fingerprint density at radius 3 is 2.72 bits per heavy atom. The van der Waals surface area contributed by atoms with Crippen molar-refractivity contribution in [3.63, 3.8) is 0 Å². The van der Waals surface area contributed by atoms with Gasteiger partial charge in [0.05, 0.1) is 16.4 Å². The molecule has 1 aromatic heterocycles. The molecule has 1 rings (SSSR count). The zero-order chi connectivity index (χ0) is 13.5. The fourth-order valence-electron chi connectivity index (χ4n) is 2.02. The summed E-state index contributed by atoms with van der Waals surface area (Å²) in [5.41, 5.74) is 2.03. The van der Waals surface area contributed by atoms with Gasteiger partial charge in [-0.3, -0.25) is 4.68 Å². The van der Waals surface area contributed by atoms with E-state index < -0.39 is 0 Å². The molecule has 1 unspecified atom stereocenters. The Kier molecular flexibility index (Phi) is 6.68. The third-order valence-electron chi connectivity index (χ3n) is 3.12. The quantitative estimate of drug-likeness (QED) is 0.740. The molecule has 1 aromatic rings. The van der Waals surface area contributed by atoms with E-state index >= 15 is 0 Å². The summed E-state index contributed by atoms with van der Waals surface area (Å²) in [6, 6.07) is 0.371. The Labute approximate surface area is 115 Å². The van der Waals surface area contributed by atoms with E-state index in [-0.39, 0.29) is 0 Å². The van der Waals surface area contributed by atoms with Gasteiger partial charge in [0.25, 0.3) is 0 Å². The summed E-state index contributed by atoms with van der Waals surface area (Å²) in [5.74, 6) is 0. The number of ether oxygens (including phenoxy) is 1. The molecule has 0 aliphatic heterocycles. The number of rotatable bonds is 8. The van der Waals surface area contributed by atoms with Gasteiger partial charge < -0.3 is 10.1 Å². The van der Waals surface area contributed by atoms with Gasteiger partial charge in [-0.25, -0.2) is 0 Å². The lowest BCUT2D eigenvalue weighted by atomic mass is 10.1. The fourth-order valence-corrected chi connectivity index (χ4v) is 2.23. The van der Waals surface area contributed by atoms with Crippen LogP contribution in [0.5, 0.6) is 0 Å². The molecule has 104 valence electrons. The number of nitrogens with one attached hydrogen (secondary N) is 1. The van der Waals surface area contributed by atoms with Crippen LogP contribution in [0.2, 0.25) is 5.02 Å². The van der Waals surface area contributed by atoms with E-state index in [0.29, 0.717) is 6.04 Å². The zero-order valence-electron chi connectivity index (χ0n) is 11.8. The Morgan fingerprint density at radius 1 is 1.44 bits per heavy atom. The highest BCUT2D eigenvalue weighted by Gasteiger charge is 2.16. The van der Waals surface area contributed by atoms with Gasteiger partial charge in [0.1, 0.15) is 0 Å². The lowest BCUT2D eigenvalue weighted by Crippen LogP contribution is -2.30. The monoisotopic (exact) mass is 273 g/mol. The molecule has 1 heterocycles. The predicted octanol–water partition coefficient (Wildman–Crippen LogP) is 2.42. The summed E-state index contributed by atoms with van der Waals surface area (Å²) in [4.78, 5) is 0. The molecule has 1 N–H and O–H groups in total. The summed E-state index contributed by atoms with van der Waals surface area (Å²) >= 11 is 6.31. The van der Waals surface area contributed by atoms with Gasteiger partial charge in [-0.1, -0.05) is 11.6 Å². The third-order valence-corrected chi connectivity index (χ3v) is 3.61. The van der Waals surface area contributed by atoms with E-state index in [2.05, 4.69) is 17.3 Å². The number of aromatic nitrogens is 2. The molecule has 0 saturated carbocycles. The molecular weight excluding hydrogens is 250 g/mol. The molecule has 0 fully saturated rings. The van der Waals surface area contributed by atoms with Gasteiger partial charge in [-0.15, -0.1) is 0 Å². The second-order valence-corrected chi connectivity index (χ2v) is 4.72. The van der Waals surface area contributed by atoms with Crippen LogP contribution >= 0.6 is 11.6 Å². The normalized spacial score (nSPS) is 12.9. The molecule has 0 saturated heterocycles. The van der Waals surface area contributed by atoms with Crippen LogP contribution in [0.15, 0.2) is 0 Å². The van der Waals surface area contributed by atoms with Crippen molar-refractivity contribution in [2.24, 2.45) is 0 Å². The van der Waals surface area contributed by atoms with E-state index in [1.165, 1.54) is 0 Å². The van der Waals surface area contributed by atoms with Crippen LogP contribution in [0.4, 0.5) is 0 Å². The molecule has 4 nitrogen and oxygen atoms in total. The molecule has 0 spiro atoms. The van der Waals surface area contributed by atoms with Crippen LogP contribution in [0, 0.1) is 6.92 Å². The number of hydrogen-bond donors (Lipinski definition) is 1. The van der Waals surface area contributed by atoms with E-state index in [4.69, 9.17) is 16.3 Å². The highest BCUT2D eigenvalue weighted by molar-refractivity contribution is 6.31.